The van der Waals surface area contributed by atoms with Gasteiger partial charge in [-0.15, -0.1) is 0 Å². The van der Waals surface area contributed by atoms with Crippen molar-refractivity contribution in [2.24, 2.45) is 0 Å². The van der Waals surface area contributed by atoms with Crippen LogP contribution in [0, 0.1) is 6.92 Å². The molecule has 1 unspecified atom stereocenters. The SMILES string of the molecule is [CH2]C(O)CCN(C(C)C)C(C)C. The molecule has 0 aromatic carbocycles. The highest BCUT2D eigenvalue weighted by molar-refractivity contribution is 4.69. The van der Waals surface area contributed by atoms with E-state index in [1.54, 1.807) is 0 Å². The third-order valence-corrected chi connectivity index (χ3v) is 2.05. The topological polar surface area (TPSA) is 23.5 Å². The van der Waals surface area contributed by atoms with Crippen molar-refractivity contribution in [3.63, 3.8) is 0 Å². The number of rotatable bonds is 5. The van der Waals surface area contributed by atoms with Crippen molar-refractivity contribution >= 4 is 0 Å². The molecule has 0 aromatic heterocycles. The lowest BCUT2D eigenvalue weighted by Crippen LogP contribution is -2.38. The second-order valence-corrected chi connectivity index (χ2v) is 3.87. The van der Waals surface area contributed by atoms with Crippen molar-refractivity contribution in [2.45, 2.75) is 52.3 Å². The summed E-state index contributed by atoms with van der Waals surface area (Å²) in [5.41, 5.74) is 0. The minimum atomic E-state index is -0.426. The Bertz CT molecular complexity index is 102. The van der Waals surface area contributed by atoms with E-state index in [0.717, 1.165) is 13.0 Å². The van der Waals surface area contributed by atoms with Crippen LogP contribution < -0.4 is 0 Å². The number of aliphatic hydroxyl groups is 1. The summed E-state index contributed by atoms with van der Waals surface area (Å²) >= 11 is 0. The van der Waals surface area contributed by atoms with Crippen LogP contribution in [-0.4, -0.2) is 34.7 Å². The van der Waals surface area contributed by atoms with Crippen LogP contribution in [0.15, 0.2) is 0 Å². The molecule has 0 aliphatic carbocycles. The second kappa shape index (κ2) is 5.55. The normalized spacial score (nSPS) is 14.8. The minimum absolute atomic E-state index is 0.426. The van der Waals surface area contributed by atoms with Gasteiger partial charge in [0, 0.05) is 18.6 Å². The Morgan fingerprint density at radius 2 is 1.58 bits per heavy atom. The van der Waals surface area contributed by atoms with Crippen LogP contribution in [0.25, 0.3) is 0 Å². The zero-order valence-electron chi connectivity index (χ0n) is 8.75. The zero-order chi connectivity index (χ0) is 9.72. The molecule has 12 heavy (non-hydrogen) atoms. The molecule has 1 N–H and O–H groups in total. The van der Waals surface area contributed by atoms with Gasteiger partial charge in [-0.25, -0.2) is 0 Å². The van der Waals surface area contributed by atoms with Gasteiger partial charge in [0.15, 0.2) is 0 Å². The Labute approximate surface area is 76.6 Å². The van der Waals surface area contributed by atoms with E-state index >= 15 is 0 Å². The van der Waals surface area contributed by atoms with E-state index in [4.69, 9.17) is 5.11 Å². The second-order valence-electron chi connectivity index (χ2n) is 3.87. The summed E-state index contributed by atoms with van der Waals surface area (Å²) in [6.45, 7) is 13.2. The van der Waals surface area contributed by atoms with Gasteiger partial charge in [0.25, 0.3) is 0 Å². The fourth-order valence-electron chi connectivity index (χ4n) is 1.41. The molecule has 0 amide bonds. The Morgan fingerprint density at radius 1 is 1.17 bits per heavy atom. The molecular weight excluding hydrogens is 150 g/mol. The molecule has 0 bridgehead atoms. The van der Waals surface area contributed by atoms with Crippen molar-refractivity contribution in [3.8, 4) is 0 Å². The highest BCUT2D eigenvalue weighted by Crippen LogP contribution is 2.06. The molecule has 0 aliphatic heterocycles. The molecule has 0 fully saturated rings. The summed E-state index contributed by atoms with van der Waals surface area (Å²) in [6.07, 6.45) is 0.334. The van der Waals surface area contributed by atoms with Crippen LogP contribution in [0.4, 0.5) is 0 Å². The maximum atomic E-state index is 9.03. The molecule has 0 rings (SSSR count). The van der Waals surface area contributed by atoms with E-state index in [1.807, 2.05) is 0 Å². The van der Waals surface area contributed by atoms with E-state index in [0.29, 0.717) is 12.1 Å². The lowest BCUT2D eigenvalue weighted by atomic mass is 10.2. The number of hydrogen-bond donors (Lipinski definition) is 1. The van der Waals surface area contributed by atoms with E-state index in [-0.39, 0.29) is 0 Å². The molecule has 2 heteroatoms. The van der Waals surface area contributed by atoms with Gasteiger partial charge < -0.3 is 5.11 Å². The van der Waals surface area contributed by atoms with Gasteiger partial charge in [-0.2, -0.15) is 0 Å². The fourth-order valence-corrected chi connectivity index (χ4v) is 1.41. The first-order valence-electron chi connectivity index (χ1n) is 4.72. The molecule has 2 nitrogen and oxygen atoms in total. The zero-order valence-corrected chi connectivity index (χ0v) is 8.75. The Kier molecular flexibility index (Phi) is 5.51. The third-order valence-electron chi connectivity index (χ3n) is 2.05. The van der Waals surface area contributed by atoms with E-state index in [2.05, 4.69) is 39.5 Å². The molecule has 0 heterocycles. The highest BCUT2D eigenvalue weighted by Gasteiger charge is 2.13. The molecule has 0 saturated carbocycles. The lowest BCUT2D eigenvalue weighted by Gasteiger charge is -2.30. The summed E-state index contributed by atoms with van der Waals surface area (Å²) < 4.78 is 0. The average Bonchev–Trinajstić information content (AvgIpc) is 1.84. The van der Waals surface area contributed by atoms with Gasteiger partial charge in [0.05, 0.1) is 6.10 Å². The Morgan fingerprint density at radius 3 is 1.83 bits per heavy atom. The van der Waals surface area contributed by atoms with Gasteiger partial charge in [-0.05, 0) is 41.0 Å². The first-order chi connectivity index (χ1) is 5.45. The maximum Gasteiger partial charge on any atom is 0.0553 e. The van der Waals surface area contributed by atoms with E-state index in [9.17, 15) is 0 Å². The van der Waals surface area contributed by atoms with Gasteiger partial charge in [-0.3, -0.25) is 4.90 Å². The van der Waals surface area contributed by atoms with Crippen LogP contribution in [0.5, 0.6) is 0 Å². The summed E-state index contributed by atoms with van der Waals surface area (Å²) in [4.78, 5) is 2.36. The summed E-state index contributed by atoms with van der Waals surface area (Å²) in [5.74, 6) is 0. The maximum absolute atomic E-state index is 9.03. The van der Waals surface area contributed by atoms with Gasteiger partial charge >= 0.3 is 0 Å². The molecule has 0 saturated heterocycles. The first-order valence-corrected chi connectivity index (χ1v) is 4.72. The average molecular weight is 172 g/mol. The summed E-state index contributed by atoms with van der Waals surface area (Å²) in [5, 5.41) is 9.03. The van der Waals surface area contributed by atoms with Crippen LogP contribution >= 0.6 is 0 Å². The van der Waals surface area contributed by atoms with E-state index in [1.165, 1.54) is 0 Å². The number of aliphatic hydroxyl groups excluding tert-OH is 1. The third kappa shape index (κ3) is 4.73. The minimum Gasteiger partial charge on any atom is -0.393 e. The van der Waals surface area contributed by atoms with Crippen molar-refractivity contribution in [1.82, 2.24) is 4.90 Å². The molecule has 0 spiro atoms. The smallest absolute Gasteiger partial charge is 0.0553 e. The molecular formula is C10H22NO. The first kappa shape index (κ1) is 11.9. The van der Waals surface area contributed by atoms with Gasteiger partial charge in [0.1, 0.15) is 0 Å². The summed E-state index contributed by atoms with van der Waals surface area (Å²) in [6, 6.07) is 1.09. The molecule has 0 aliphatic rings. The lowest BCUT2D eigenvalue weighted by molar-refractivity contribution is 0.134. The van der Waals surface area contributed by atoms with Crippen LogP contribution in [0.1, 0.15) is 34.1 Å². The quantitative estimate of drug-likeness (QED) is 0.682. The van der Waals surface area contributed by atoms with Crippen LogP contribution in [0.3, 0.4) is 0 Å². The molecule has 1 atom stereocenters. The van der Waals surface area contributed by atoms with Gasteiger partial charge in [-0.1, -0.05) is 0 Å². The molecule has 0 aromatic rings. The predicted octanol–water partition coefficient (Wildman–Crippen LogP) is 1.69. The predicted molar refractivity (Wildman–Crippen MR) is 53.0 cm³/mol. The largest absolute Gasteiger partial charge is 0.393 e. The Balaban J connectivity index is 3.80. The van der Waals surface area contributed by atoms with Crippen molar-refractivity contribution in [2.75, 3.05) is 6.54 Å². The highest BCUT2D eigenvalue weighted by atomic mass is 16.3. The standard InChI is InChI=1S/C10H22NO/c1-8(2)11(9(3)4)7-6-10(5)12/h8-10,12H,5-7H2,1-4H3. The van der Waals surface area contributed by atoms with Gasteiger partial charge in [0.2, 0.25) is 0 Å². The summed E-state index contributed by atoms with van der Waals surface area (Å²) in [7, 11) is 0. The molecule has 73 valence electrons. The number of hydrogen-bond acceptors (Lipinski definition) is 2. The molecule has 1 radical (unpaired) electrons. The van der Waals surface area contributed by atoms with E-state index < -0.39 is 6.10 Å². The van der Waals surface area contributed by atoms with Crippen molar-refractivity contribution in [1.29, 1.82) is 0 Å². The number of nitrogens with zero attached hydrogens (tertiary/aromatic N) is 1. The monoisotopic (exact) mass is 172 g/mol. The fraction of sp³-hybridized carbons (Fsp3) is 0.900. The van der Waals surface area contributed by atoms with Crippen molar-refractivity contribution < 1.29 is 5.11 Å². The van der Waals surface area contributed by atoms with Crippen molar-refractivity contribution in [3.05, 3.63) is 6.92 Å². The van der Waals surface area contributed by atoms with Crippen LogP contribution in [0.2, 0.25) is 0 Å². The van der Waals surface area contributed by atoms with Crippen LogP contribution in [-0.2, 0) is 0 Å². The Hall–Kier alpha value is -0.0800.